The van der Waals surface area contributed by atoms with Gasteiger partial charge in [0.05, 0.1) is 6.33 Å². The van der Waals surface area contributed by atoms with Gasteiger partial charge < -0.3 is 20.1 Å². The summed E-state index contributed by atoms with van der Waals surface area (Å²) in [5, 5.41) is 11.3. The highest BCUT2D eigenvalue weighted by Crippen LogP contribution is 2.27. The van der Waals surface area contributed by atoms with Gasteiger partial charge in [0, 0.05) is 37.2 Å². The van der Waals surface area contributed by atoms with Gasteiger partial charge in [0.15, 0.2) is 5.82 Å². The van der Waals surface area contributed by atoms with Crippen LogP contribution in [0.4, 0.5) is 17.6 Å². The summed E-state index contributed by atoms with van der Waals surface area (Å²) in [6, 6.07) is 3.88. The first-order valence-electron chi connectivity index (χ1n) is 11.3. The van der Waals surface area contributed by atoms with Gasteiger partial charge in [-0.15, -0.1) is 5.10 Å². The van der Waals surface area contributed by atoms with Crippen LogP contribution in [0, 0.1) is 0 Å². The van der Waals surface area contributed by atoms with E-state index in [1.807, 2.05) is 34.0 Å². The molecule has 2 aliphatic rings. The predicted octanol–water partition coefficient (Wildman–Crippen LogP) is 2.57. The van der Waals surface area contributed by atoms with Crippen molar-refractivity contribution in [2.24, 2.45) is 4.99 Å². The standard InChI is InChI=1S/C22H29N9O/c1-15(2)29-13-19(24-14-29)26-20-17-7-5-11-31(17)28-22(27-20)30-10-4-8-18(30)21(32)25-16-6-3-9-23-12-16/h5,7,11,13-15,18,23H,3-4,6,8-10,12H2,1-2H3,(H,26,27,28). The van der Waals surface area contributed by atoms with E-state index < -0.39 is 0 Å². The summed E-state index contributed by atoms with van der Waals surface area (Å²) in [6.45, 7) is 6.63. The number of hydrogen-bond donors (Lipinski definition) is 2. The molecule has 5 rings (SSSR count). The number of piperidine rings is 1. The minimum Gasteiger partial charge on any atom is -0.333 e. The first-order chi connectivity index (χ1) is 15.6. The number of hydrogen-bond acceptors (Lipinski definition) is 7. The Morgan fingerprint density at radius 2 is 2.25 bits per heavy atom. The first-order valence-corrected chi connectivity index (χ1v) is 11.3. The Balaban J connectivity index is 1.43. The van der Waals surface area contributed by atoms with Crippen LogP contribution >= 0.6 is 0 Å². The van der Waals surface area contributed by atoms with E-state index in [2.05, 4.69) is 39.6 Å². The third kappa shape index (κ3) is 4.10. The van der Waals surface area contributed by atoms with Crippen LogP contribution in [0.1, 0.15) is 45.6 Å². The van der Waals surface area contributed by atoms with Crippen LogP contribution < -0.4 is 15.5 Å². The summed E-state index contributed by atoms with van der Waals surface area (Å²) in [5.41, 5.74) is 1.79. The second-order valence-corrected chi connectivity index (χ2v) is 8.67. The number of aliphatic imine (C=N–C) groups is 1. The fourth-order valence-electron chi connectivity index (χ4n) is 4.27. The SMILES string of the molecule is CC(C)n1cnc(Nc2nc(N3CCCC3C(=O)N=C3CCCNC3)nn3cccc23)c1. The maximum atomic E-state index is 13.0. The van der Waals surface area contributed by atoms with Crippen LogP contribution in [0.15, 0.2) is 35.8 Å². The number of carbonyl (C=O) groups is 1. The zero-order valence-electron chi connectivity index (χ0n) is 18.5. The summed E-state index contributed by atoms with van der Waals surface area (Å²) < 4.78 is 3.83. The Morgan fingerprint density at radius 1 is 1.34 bits per heavy atom. The highest BCUT2D eigenvalue weighted by Gasteiger charge is 2.33. The van der Waals surface area contributed by atoms with Crippen molar-refractivity contribution in [3.8, 4) is 0 Å². The van der Waals surface area contributed by atoms with E-state index in [-0.39, 0.29) is 11.9 Å². The number of carbonyl (C=O) groups excluding carboxylic acids is 1. The molecule has 32 heavy (non-hydrogen) atoms. The highest BCUT2D eigenvalue weighted by molar-refractivity contribution is 6.00. The van der Waals surface area contributed by atoms with E-state index >= 15 is 0 Å². The molecule has 3 aromatic rings. The fraction of sp³-hybridized carbons (Fsp3) is 0.500. The largest absolute Gasteiger partial charge is 0.333 e. The molecular formula is C22H29N9O. The van der Waals surface area contributed by atoms with Gasteiger partial charge in [0.25, 0.3) is 5.91 Å². The topological polar surface area (TPSA) is 105 Å². The second kappa shape index (κ2) is 8.70. The molecule has 10 heteroatoms. The molecular weight excluding hydrogens is 406 g/mol. The monoisotopic (exact) mass is 435 g/mol. The number of nitrogens with zero attached hydrogens (tertiary/aromatic N) is 7. The number of amides is 1. The normalized spacial score (nSPS) is 20.5. The lowest BCUT2D eigenvalue weighted by Crippen LogP contribution is -2.38. The van der Waals surface area contributed by atoms with E-state index in [9.17, 15) is 4.79 Å². The van der Waals surface area contributed by atoms with Crippen LogP contribution in [-0.4, -0.2) is 61.4 Å². The summed E-state index contributed by atoms with van der Waals surface area (Å²) in [5.74, 6) is 1.81. The molecule has 2 fully saturated rings. The smallest absolute Gasteiger partial charge is 0.268 e. The number of fused-ring (bicyclic) bond motifs is 1. The molecule has 168 valence electrons. The highest BCUT2D eigenvalue weighted by atomic mass is 16.1. The predicted molar refractivity (Wildman–Crippen MR) is 124 cm³/mol. The van der Waals surface area contributed by atoms with Gasteiger partial charge >= 0.3 is 0 Å². The molecule has 0 aromatic carbocycles. The van der Waals surface area contributed by atoms with Crippen LogP contribution in [0.3, 0.4) is 0 Å². The van der Waals surface area contributed by atoms with Gasteiger partial charge in [0.2, 0.25) is 5.95 Å². The van der Waals surface area contributed by atoms with Gasteiger partial charge in [-0.3, -0.25) is 4.79 Å². The molecule has 10 nitrogen and oxygen atoms in total. The van der Waals surface area contributed by atoms with E-state index in [4.69, 9.17) is 4.98 Å². The van der Waals surface area contributed by atoms with Crippen molar-refractivity contribution in [2.75, 3.05) is 29.9 Å². The Labute approximate surface area is 186 Å². The zero-order chi connectivity index (χ0) is 22.1. The number of aromatic nitrogens is 5. The van der Waals surface area contributed by atoms with Gasteiger partial charge in [-0.05, 0) is 58.2 Å². The van der Waals surface area contributed by atoms with Gasteiger partial charge in [-0.2, -0.15) is 4.98 Å². The lowest BCUT2D eigenvalue weighted by atomic mass is 10.1. The molecule has 2 aliphatic heterocycles. The molecule has 1 atom stereocenters. The molecule has 2 saturated heterocycles. The Kier molecular flexibility index (Phi) is 5.60. The fourth-order valence-corrected chi connectivity index (χ4v) is 4.27. The molecule has 0 radical (unpaired) electrons. The summed E-state index contributed by atoms with van der Waals surface area (Å²) >= 11 is 0. The van der Waals surface area contributed by atoms with Crippen molar-refractivity contribution in [1.82, 2.24) is 29.5 Å². The molecule has 0 bridgehead atoms. The van der Waals surface area contributed by atoms with Crippen LogP contribution in [0.2, 0.25) is 0 Å². The van der Waals surface area contributed by atoms with Crippen LogP contribution in [-0.2, 0) is 4.79 Å². The van der Waals surface area contributed by atoms with Crippen LogP contribution in [0.5, 0.6) is 0 Å². The average molecular weight is 436 g/mol. The molecule has 5 heterocycles. The van der Waals surface area contributed by atoms with Gasteiger partial charge in [0.1, 0.15) is 17.4 Å². The van der Waals surface area contributed by atoms with Crippen molar-refractivity contribution in [1.29, 1.82) is 0 Å². The second-order valence-electron chi connectivity index (χ2n) is 8.67. The third-order valence-electron chi connectivity index (χ3n) is 6.04. The van der Waals surface area contributed by atoms with E-state index in [1.165, 1.54) is 0 Å². The number of rotatable bonds is 5. The molecule has 0 saturated carbocycles. The molecule has 3 aromatic heterocycles. The maximum Gasteiger partial charge on any atom is 0.268 e. The molecule has 2 N–H and O–H groups in total. The molecule has 1 amide bonds. The van der Waals surface area contributed by atoms with Crippen molar-refractivity contribution in [3.05, 3.63) is 30.9 Å². The van der Waals surface area contributed by atoms with Gasteiger partial charge in [-0.25, -0.2) is 14.5 Å². The van der Waals surface area contributed by atoms with E-state index in [0.717, 1.165) is 55.8 Å². The molecule has 0 spiro atoms. The van der Waals surface area contributed by atoms with Crippen molar-refractivity contribution in [3.63, 3.8) is 0 Å². The summed E-state index contributed by atoms with van der Waals surface area (Å²) in [6.07, 6.45) is 9.23. The number of imidazole rings is 1. The van der Waals surface area contributed by atoms with Crippen molar-refractivity contribution in [2.45, 2.75) is 51.6 Å². The maximum absolute atomic E-state index is 13.0. The Bertz CT molecular complexity index is 1140. The minimum absolute atomic E-state index is 0.0948. The summed E-state index contributed by atoms with van der Waals surface area (Å²) in [4.78, 5) is 28.7. The van der Waals surface area contributed by atoms with Gasteiger partial charge in [-0.1, -0.05) is 0 Å². The molecule has 1 unspecified atom stereocenters. The average Bonchev–Trinajstić information content (AvgIpc) is 3.54. The lowest BCUT2D eigenvalue weighted by molar-refractivity contribution is -0.118. The minimum atomic E-state index is -0.328. The van der Waals surface area contributed by atoms with Crippen molar-refractivity contribution < 1.29 is 4.79 Å². The number of anilines is 3. The Morgan fingerprint density at radius 3 is 3.03 bits per heavy atom. The van der Waals surface area contributed by atoms with Crippen molar-refractivity contribution >= 4 is 34.7 Å². The summed E-state index contributed by atoms with van der Waals surface area (Å²) in [7, 11) is 0. The van der Waals surface area contributed by atoms with Crippen LogP contribution in [0.25, 0.3) is 5.52 Å². The zero-order valence-corrected chi connectivity index (χ0v) is 18.5. The lowest BCUT2D eigenvalue weighted by Gasteiger charge is -2.23. The molecule has 0 aliphatic carbocycles. The Hall–Kier alpha value is -3.27. The van der Waals surface area contributed by atoms with E-state index in [0.29, 0.717) is 24.4 Å². The first kappa shape index (κ1) is 20.6. The van der Waals surface area contributed by atoms with E-state index in [1.54, 1.807) is 10.8 Å². The quantitative estimate of drug-likeness (QED) is 0.635. The third-order valence-corrected chi connectivity index (χ3v) is 6.04. The number of nitrogens with one attached hydrogen (secondary N) is 2.